The predicted octanol–water partition coefficient (Wildman–Crippen LogP) is 3.52. The lowest BCUT2D eigenvalue weighted by Crippen LogP contribution is -2.18. The SMILES string of the molecule is CNS(=O)(=O)c1ccc(-c2csc(Nc3ccc(S(C)(=O)=O)c(Cl)c3)n2)cc1. The minimum absolute atomic E-state index is 0.0659. The Kier molecular flexibility index (Phi) is 5.78. The largest absolute Gasteiger partial charge is 0.331 e. The predicted molar refractivity (Wildman–Crippen MR) is 112 cm³/mol. The monoisotopic (exact) mass is 457 g/mol. The molecule has 0 saturated carbocycles. The molecule has 0 radical (unpaired) electrons. The molecule has 0 saturated heterocycles. The second-order valence-electron chi connectivity index (χ2n) is 5.81. The zero-order valence-electron chi connectivity index (χ0n) is 14.8. The van der Waals surface area contributed by atoms with Gasteiger partial charge in [0.25, 0.3) is 0 Å². The van der Waals surface area contributed by atoms with Gasteiger partial charge in [-0.3, -0.25) is 0 Å². The molecule has 0 amide bonds. The third-order valence-corrected chi connectivity index (χ3v) is 7.58. The highest BCUT2D eigenvalue weighted by atomic mass is 35.5. The maximum absolute atomic E-state index is 11.8. The number of anilines is 2. The summed E-state index contributed by atoms with van der Waals surface area (Å²) in [4.78, 5) is 4.71. The van der Waals surface area contributed by atoms with Crippen LogP contribution in [0.4, 0.5) is 10.8 Å². The number of sulfonamides is 1. The third kappa shape index (κ3) is 4.53. The molecule has 7 nitrogen and oxygen atoms in total. The minimum atomic E-state index is -3.49. The van der Waals surface area contributed by atoms with Gasteiger partial charge in [-0.25, -0.2) is 26.5 Å². The first-order valence-corrected chi connectivity index (χ1v) is 12.5. The van der Waals surface area contributed by atoms with E-state index in [1.54, 1.807) is 18.2 Å². The maximum Gasteiger partial charge on any atom is 0.240 e. The molecule has 0 unspecified atom stereocenters. The molecule has 0 spiro atoms. The van der Waals surface area contributed by atoms with Crippen LogP contribution >= 0.6 is 22.9 Å². The molecule has 0 aliphatic carbocycles. The number of nitrogens with one attached hydrogen (secondary N) is 2. The standard InChI is InChI=1S/C17H16ClN3O4S3/c1-19-28(24,25)13-6-3-11(4-7-13)15-10-26-17(21-15)20-12-5-8-16(14(18)9-12)27(2,22)23/h3-10,19H,1-2H3,(H,20,21). The molecule has 0 aliphatic heterocycles. The van der Waals surface area contributed by atoms with Gasteiger partial charge in [0.1, 0.15) is 0 Å². The van der Waals surface area contributed by atoms with Gasteiger partial charge in [-0.1, -0.05) is 23.7 Å². The van der Waals surface area contributed by atoms with Crippen LogP contribution in [-0.2, 0) is 19.9 Å². The Morgan fingerprint density at radius 2 is 1.71 bits per heavy atom. The Balaban J connectivity index is 1.80. The Morgan fingerprint density at radius 1 is 1.04 bits per heavy atom. The number of benzene rings is 2. The van der Waals surface area contributed by atoms with Crippen molar-refractivity contribution in [3.8, 4) is 11.3 Å². The number of hydrogen-bond donors (Lipinski definition) is 2. The van der Waals surface area contributed by atoms with Crippen molar-refractivity contribution >= 4 is 53.6 Å². The van der Waals surface area contributed by atoms with Crippen molar-refractivity contribution in [3.63, 3.8) is 0 Å². The molecule has 28 heavy (non-hydrogen) atoms. The molecule has 148 valence electrons. The van der Waals surface area contributed by atoms with Crippen LogP contribution in [0.1, 0.15) is 0 Å². The van der Waals surface area contributed by atoms with Gasteiger partial charge in [0.05, 0.1) is 20.5 Å². The van der Waals surface area contributed by atoms with Crippen molar-refractivity contribution in [2.24, 2.45) is 0 Å². The van der Waals surface area contributed by atoms with Crippen LogP contribution in [0.25, 0.3) is 11.3 Å². The van der Waals surface area contributed by atoms with Gasteiger partial charge < -0.3 is 5.32 Å². The molecule has 0 bridgehead atoms. The van der Waals surface area contributed by atoms with Gasteiger partial charge in [-0.05, 0) is 37.4 Å². The summed E-state index contributed by atoms with van der Waals surface area (Å²) in [5.74, 6) is 0. The maximum atomic E-state index is 11.8. The fourth-order valence-corrected chi connectivity index (χ4v) is 5.19. The number of thiazole rings is 1. The molecule has 2 aromatic carbocycles. The lowest BCUT2D eigenvalue weighted by molar-refractivity contribution is 0.588. The van der Waals surface area contributed by atoms with E-state index in [1.807, 2.05) is 5.38 Å². The Labute approximate surface area is 172 Å². The van der Waals surface area contributed by atoms with E-state index in [4.69, 9.17) is 11.6 Å². The Morgan fingerprint density at radius 3 is 2.29 bits per heavy atom. The van der Waals surface area contributed by atoms with Crippen molar-refractivity contribution in [1.29, 1.82) is 0 Å². The van der Waals surface area contributed by atoms with Crippen molar-refractivity contribution in [1.82, 2.24) is 9.71 Å². The first-order valence-electron chi connectivity index (χ1n) is 7.86. The Hall–Kier alpha value is -1.98. The van der Waals surface area contributed by atoms with Crippen LogP contribution in [-0.4, -0.2) is 35.1 Å². The topological polar surface area (TPSA) is 105 Å². The van der Waals surface area contributed by atoms with E-state index in [-0.39, 0.29) is 14.8 Å². The highest BCUT2D eigenvalue weighted by Gasteiger charge is 2.14. The van der Waals surface area contributed by atoms with E-state index in [2.05, 4.69) is 15.0 Å². The number of hydrogen-bond acceptors (Lipinski definition) is 7. The van der Waals surface area contributed by atoms with E-state index in [9.17, 15) is 16.8 Å². The molecular weight excluding hydrogens is 442 g/mol. The number of aromatic nitrogens is 1. The normalized spacial score (nSPS) is 12.1. The minimum Gasteiger partial charge on any atom is -0.331 e. The van der Waals surface area contributed by atoms with E-state index >= 15 is 0 Å². The van der Waals surface area contributed by atoms with Crippen LogP contribution in [0, 0.1) is 0 Å². The molecule has 11 heteroatoms. The highest BCUT2D eigenvalue weighted by Crippen LogP contribution is 2.30. The molecule has 0 atom stereocenters. The van der Waals surface area contributed by atoms with Gasteiger partial charge in [0.15, 0.2) is 15.0 Å². The number of halogens is 1. The second kappa shape index (κ2) is 7.80. The zero-order valence-corrected chi connectivity index (χ0v) is 18.0. The smallest absolute Gasteiger partial charge is 0.240 e. The van der Waals surface area contributed by atoms with Gasteiger partial charge in [-0.15, -0.1) is 11.3 Å². The van der Waals surface area contributed by atoms with E-state index in [0.29, 0.717) is 16.5 Å². The van der Waals surface area contributed by atoms with Gasteiger partial charge in [0, 0.05) is 22.9 Å². The summed E-state index contributed by atoms with van der Waals surface area (Å²) in [6.45, 7) is 0. The fraction of sp³-hybridized carbons (Fsp3) is 0.118. The summed E-state index contributed by atoms with van der Waals surface area (Å²) in [5.41, 5.74) is 2.05. The first kappa shape index (κ1) is 20.7. The van der Waals surface area contributed by atoms with Crippen molar-refractivity contribution in [2.45, 2.75) is 9.79 Å². The van der Waals surface area contributed by atoms with E-state index in [0.717, 1.165) is 11.8 Å². The van der Waals surface area contributed by atoms with Crippen LogP contribution in [0.2, 0.25) is 5.02 Å². The van der Waals surface area contributed by atoms with Crippen LogP contribution in [0.3, 0.4) is 0 Å². The Bertz CT molecular complexity index is 1220. The molecule has 0 fully saturated rings. The number of nitrogens with zero attached hydrogens (tertiary/aromatic N) is 1. The van der Waals surface area contributed by atoms with Crippen molar-refractivity contribution in [2.75, 3.05) is 18.6 Å². The molecule has 1 heterocycles. The average Bonchev–Trinajstić information content (AvgIpc) is 3.09. The average molecular weight is 458 g/mol. The number of rotatable bonds is 6. The highest BCUT2D eigenvalue weighted by molar-refractivity contribution is 7.90. The molecule has 0 aliphatic rings. The lowest BCUT2D eigenvalue weighted by Gasteiger charge is -2.06. The summed E-state index contributed by atoms with van der Waals surface area (Å²) in [6, 6.07) is 11.0. The molecule has 3 aromatic rings. The number of sulfone groups is 1. The molecular formula is C17H16ClN3O4S3. The van der Waals surface area contributed by atoms with E-state index < -0.39 is 19.9 Å². The zero-order chi connectivity index (χ0) is 20.5. The summed E-state index contributed by atoms with van der Waals surface area (Å²) in [7, 11) is -5.52. The second-order valence-corrected chi connectivity index (χ2v) is 10.9. The quantitative estimate of drug-likeness (QED) is 0.586. The third-order valence-electron chi connectivity index (χ3n) is 3.82. The first-order chi connectivity index (χ1) is 13.1. The van der Waals surface area contributed by atoms with Crippen molar-refractivity contribution in [3.05, 3.63) is 52.9 Å². The summed E-state index contributed by atoms with van der Waals surface area (Å²) < 4.78 is 49.1. The summed E-state index contributed by atoms with van der Waals surface area (Å²) >= 11 is 7.41. The lowest BCUT2D eigenvalue weighted by atomic mass is 10.2. The fourth-order valence-electron chi connectivity index (χ4n) is 2.39. The van der Waals surface area contributed by atoms with Gasteiger partial charge in [0.2, 0.25) is 10.0 Å². The molecule has 1 aromatic heterocycles. The molecule has 2 N–H and O–H groups in total. The van der Waals surface area contributed by atoms with Crippen LogP contribution in [0.15, 0.2) is 57.6 Å². The van der Waals surface area contributed by atoms with Crippen LogP contribution < -0.4 is 10.0 Å². The van der Waals surface area contributed by atoms with Crippen LogP contribution in [0.5, 0.6) is 0 Å². The van der Waals surface area contributed by atoms with E-state index in [1.165, 1.54) is 42.6 Å². The summed E-state index contributed by atoms with van der Waals surface area (Å²) in [6.07, 6.45) is 1.10. The van der Waals surface area contributed by atoms with Crippen molar-refractivity contribution < 1.29 is 16.8 Å². The molecule has 3 rings (SSSR count). The van der Waals surface area contributed by atoms with Gasteiger partial charge in [-0.2, -0.15) is 0 Å². The van der Waals surface area contributed by atoms with Gasteiger partial charge >= 0.3 is 0 Å². The summed E-state index contributed by atoms with van der Waals surface area (Å²) in [5, 5.41) is 5.63.